The molecule has 2 N–H and O–H groups in total. The fourth-order valence-corrected chi connectivity index (χ4v) is 3.07. The molecule has 29 heavy (non-hydrogen) atoms. The predicted molar refractivity (Wildman–Crippen MR) is 106 cm³/mol. The van der Waals surface area contributed by atoms with Crippen molar-refractivity contribution in [1.82, 2.24) is 0 Å². The fraction of sp³-hybridized carbons (Fsp3) is 0.409. The van der Waals surface area contributed by atoms with E-state index < -0.39 is 29.2 Å². The van der Waals surface area contributed by atoms with Gasteiger partial charge >= 0.3 is 5.97 Å². The third-order valence-electron chi connectivity index (χ3n) is 4.31. The Kier molecular flexibility index (Phi) is 6.64. The van der Waals surface area contributed by atoms with Gasteiger partial charge in [0.05, 0.1) is 30.3 Å². The van der Waals surface area contributed by atoms with Crippen LogP contribution in [0, 0.1) is 0 Å². The summed E-state index contributed by atoms with van der Waals surface area (Å²) in [5, 5.41) is 20.3. The first kappa shape index (κ1) is 22.4. The van der Waals surface area contributed by atoms with Crippen LogP contribution in [-0.4, -0.2) is 40.5 Å². The smallest absolute Gasteiger partial charge is 0.309 e. The van der Waals surface area contributed by atoms with Gasteiger partial charge in [-0.1, -0.05) is 11.6 Å². The molecule has 0 saturated carbocycles. The number of esters is 1. The number of carbonyl (C=O) groups is 3. The standard InChI is InChI=1S/C22H26O7/c1-12(2)6-9-17(29-18(26)11-22(3,4)27)13-10-16(25)19-14(23)7-8-15(24)20(19)21(13)28-5/h6-8,10,17,25,27H,9,11H2,1-5H3/t17-/m1/s1. The minimum Gasteiger partial charge on any atom is -0.507 e. The Labute approximate surface area is 169 Å². The van der Waals surface area contributed by atoms with Gasteiger partial charge in [-0.2, -0.15) is 0 Å². The van der Waals surface area contributed by atoms with Crippen LogP contribution in [0.5, 0.6) is 11.5 Å². The van der Waals surface area contributed by atoms with E-state index in [1.54, 1.807) is 0 Å². The molecule has 0 saturated heterocycles. The number of ketones is 2. The summed E-state index contributed by atoms with van der Waals surface area (Å²) in [5.74, 6) is -1.96. The van der Waals surface area contributed by atoms with Crippen molar-refractivity contribution in [1.29, 1.82) is 0 Å². The van der Waals surface area contributed by atoms with Gasteiger partial charge in [0.2, 0.25) is 0 Å². The van der Waals surface area contributed by atoms with Crippen LogP contribution in [0.1, 0.15) is 72.9 Å². The zero-order chi connectivity index (χ0) is 21.9. The molecule has 7 nitrogen and oxygen atoms in total. The minimum atomic E-state index is -1.26. The van der Waals surface area contributed by atoms with Crippen LogP contribution in [-0.2, 0) is 9.53 Å². The summed E-state index contributed by atoms with van der Waals surface area (Å²) >= 11 is 0. The number of rotatable bonds is 7. The molecule has 0 unspecified atom stereocenters. The molecule has 0 amide bonds. The van der Waals surface area contributed by atoms with Gasteiger partial charge in [0.15, 0.2) is 11.6 Å². The van der Waals surface area contributed by atoms with Crippen molar-refractivity contribution in [2.75, 3.05) is 7.11 Å². The number of phenols is 1. The van der Waals surface area contributed by atoms with Crippen LogP contribution < -0.4 is 4.74 Å². The molecule has 0 radical (unpaired) electrons. The Morgan fingerprint density at radius 1 is 1.17 bits per heavy atom. The Morgan fingerprint density at radius 3 is 2.28 bits per heavy atom. The average Bonchev–Trinajstić information content (AvgIpc) is 2.59. The molecule has 0 fully saturated rings. The fourth-order valence-electron chi connectivity index (χ4n) is 3.07. The van der Waals surface area contributed by atoms with Gasteiger partial charge in [0, 0.05) is 12.0 Å². The van der Waals surface area contributed by atoms with Crippen molar-refractivity contribution in [2.24, 2.45) is 0 Å². The highest BCUT2D eigenvalue weighted by molar-refractivity contribution is 6.24. The number of fused-ring (bicyclic) bond motifs is 1. The maximum absolute atomic E-state index is 12.4. The van der Waals surface area contributed by atoms with Gasteiger partial charge in [0.1, 0.15) is 17.6 Å². The number of hydrogen-bond donors (Lipinski definition) is 2. The summed E-state index contributed by atoms with van der Waals surface area (Å²) in [6.07, 6.45) is 3.17. The van der Waals surface area contributed by atoms with Gasteiger partial charge < -0.3 is 19.7 Å². The van der Waals surface area contributed by atoms with E-state index in [2.05, 4.69) is 0 Å². The zero-order valence-electron chi connectivity index (χ0n) is 17.2. The lowest BCUT2D eigenvalue weighted by Crippen LogP contribution is -2.26. The van der Waals surface area contributed by atoms with E-state index >= 15 is 0 Å². The van der Waals surface area contributed by atoms with Gasteiger partial charge in [-0.3, -0.25) is 14.4 Å². The van der Waals surface area contributed by atoms with Gasteiger partial charge in [-0.15, -0.1) is 0 Å². The SMILES string of the molecule is COc1c([C@@H](CC=C(C)C)OC(=O)CC(C)(C)O)cc(O)c2c1C(=O)C=CC2=O. The molecule has 156 valence electrons. The van der Waals surface area contributed by atoms with Crippen molar-refractivity contribution in [3.63, 3.8) is 0 Å². The summed E-state index contributed by atoms with van der Waals surface area (Å²) in [7, 11) is 1.34. The largest absolute Gasteiger partial charge is 0.507 e. The van der Waals surface area contributed by atoms with Crippen LogP contribution in [0.25, 0.3) is 0 Å². The van der Waals surface area contributed by atoms with Crippen LogP contribution in [0.3, 0.4) is 0 Å². The molecular formula is C22H26O7. The summed E-state index contributed by atoms with van der Waals surface area (Å²) in [6, 6.07) is 1.28. The Balaban J connectivity index is 2.58. The van der Waals surface area contributed by atoms with E-state index in [4.69, 9.17) is 9.47 Å². The van der Waals surface area contributed by atoms with Crippen LogP contribution in [0.4, 0.5) is 0 Å². The number of aromatic hydroxyl groups is 1. The molecule has 2 rings (SSSR count). The highest BCUT2D eigenvalue weighted by Gasteiger charge is 2.33. The summed E-state index contributed by atoms with van der Waals surface area (Å²) in [4.78, 5) is 36.9. The number of methoxy groups -OCH3 is 1. The van der Waals surface area contributed by atoms with E-state index in [9.17, 15) is 24.6 Å². The van der Waals surface area contributed by atoms with Crippen molar-refractivity contribution in [3.05, 3.63) is 46.6 Å². The molecule has 0 aromatic heterocycles. The van der Waals surface area contributed by atoms with Crippen molar-refractivity contribution < 1.29 is 34.1 Å². The van der Waals surface area contributed by atoms with E-state index in [0.717, 1.165) is 17.7 Å². The Hall–Kier alpha value is -2.93. The number of aliphatic hydroxyl groups is 1. The van der Waals surface area contributed by atoms with Gasteiger partial charge in [-0.05, 0) is 45.9 Å². The molecule has 1 atom stereocenters. The molecule has 0 aliphatic heterocycles. The lowest BCUT2D eigenvalue weighted by Gasteiger charge is -2.25. The van der Waals surface area contributed by atoms with Crippen LogP contribution in [0.15, 0.2) is 29.9 Å². The normalized spacial score (nSPS) is 14.3. The van der Waals surface area contributed by atoms with Crippen LogP contribution in [0.2, 0.25) is 0 Å². The molecule has 0 bridgehead atoms. The maximum Gasteiger partial charge on any atom is 0.309 e. The molecule has 0 spiro atoms. The first-order chi connectivity index (χ1) is 13.4. The van der Waals surface area contributed by atoms with Crippen molar-refractivity contribution in [3.8, 4) is 11.5 Å². The molecule has 7 heteroatoms. The first-order valence-corrected chi connectivity index (χ1v) is 9.20. The average molecular weight is 402 g/mol. The number of allylic oxidation sites excluding steroid dienone is 3. The second-order valence-corrected chi connectivity index (χ2v) is 7.81. The second-order valence-electron chi connectivity index (χ2n) is 7.81. The van der Waals surface area contributed by atoms with Crippen molar-refractivity contribution >= 4 is 17.5 Å². The van der Waals surface area contributed by atoms with E-state index in [1.807, 2.05) is 19.9 Å². The molecule has 1 aromatic rings. The molecule has 1 aromatic carbocycles. The summed E-state index contributed by atoms with van der Waals surface area (Å²) < 4.78 is 11.0. The van der Waals surface area contributed by atoms with Gasteiger partial charge in [-0.25, -0.2) is 0 Å². The molecule has 1 aliphatic carbocycles. The quantitative estimate of drug-likeness (QED) is 0.531. The number of phenolic OH excluding ortho intramolecular Hbond substituents is 1. The molecular weight excluding hydrogens is 376 g/mol. The number of carbonyl (C=O) groups excluding carboxylic acids is 3. The monoisotopic (exact) mass is 402 g/mol. The number of benzene rings is 1. The van der Waals surface area contributed by atoms with Gasteiger partial charge in [0.25, 0.3) is 0 Å². The Morgan fingerprint density at radius 2 is 1.76 bits per heavy atom. The maximum atomic E-state index is 12.4. The summed E-state index contributed by atoms with van der Waals surface area (Å²) in [5.41, 5.74) is -0.212. The third-order valence-corrected chi connectivity index (χ3v) is 4.31. The lowest BCUT2D eigenvalue weighted by molar-refractivity contribution is -0.153. The van der Waals surface area contributed by atoms with E-state index in [0.29, 0.717) is 0 Å². The topological polar surface area (TPSA) is 110 Å². The Bertz CT molecular complexity index is 897. The predicted octanol–water partition coefficient (Wildman–Crippen LogP) is 3.44. The molecule has 0 heterocycles. The minimum absolute atomic E-state index is 0.0595. The van der Waals surface area contributed by atoms with E-state index in [1.165, 1.54) is 27.0 Å². The molecule has 1 aliphatic rings. The number of hydrogen-bond acceptors (Lipinski definition) is 7. The zero-order valence-corrected chi connectivity index (χ0v) is 17.2. The van der Waals surface area contributed by atoms with Crippen LogP contribution >= 0.6 is 0 Å². The highest BCUT2D eigenvalue weighted by Crippen LogP contribution is 2.41. The highest BCUT2D eigenvalue weighted by atomic mass is 16.5. The van der Waals surface area contributed by atoms with Crippen molar-refractivity contribution in [2.45, 2.75) is 52.2 Å². The third kappa shape index (κ3) is 5.32. The summed E-state index contributed by atoms with van der Waals surface area (Å²) in [6.45, 7) is 6.73. The lowest BCUT2D eigenvalue weighted by atomic mass is 9.88. The number of ether oxygens (including phenoxy) is 2. The second kappa shape index (κ2) is 8.61. The first-order valence-electron chi connectivity index (χ1n) is 9.20. The van der Waals surface area contributed by atoms with E-state index in [-0.39, 0.29) is 41.0 Å².